The molecule has 1 N–H and O–H groups in total. The summed E-state index contributed by atoms with van der Waals surface area (Å²) in [4.78, 5) is 4.15. The number of ether oxygens (including phenoxy) is 1. The van der Waals surface area contributed by atoms with Crippen LogP contribution >= 0.6 is 0 Å². The van der Waals surface area contributed by atoms with Crippen molar-refractivity contribution in [3.05, 3.63) is 48.0 Å². The summed E-state index contributed by atoms with van der Waals surface area (Å²) in [7, 11) is 0. The molecule has 19 heavy (non-hydrogen) atoms. The van der Waals surface area contributed by atoms with Gasteiger partial charge in [0.2, 0.25) is 0 Å². The van der Waals surface area contributed by atoms with Crippen molar-refractivity contribution in [1.82, 2.24) is 9.55 Å². The van der Waals surface area contributed by atoms with Crippen molar-refractivity contribution in [2.45, 2.75) is 20.4 Å². The zero-order valence-corrected chi connectivity index (χ0v) is 11.1. The average Bonchev–Trinajstić information content (AvgIpc) is 2.84. The first kappa shape index (κ1) is 13.1. The second-order valence-corrected chi connectivity index (χ2v) is 4.23. The average molecular weight is 259 g/mol. The molecular formula is C14H17N3O2. The fourth-order valence-electron chi connectivity index (χ4n) is 1.77. The number of aryl methyl sites for hydroxylation is 1. The van der Waals surface area contributed by atoms with Gasteiger partial charge < -0.3 is 14.5 Å². The minimum atomic E-state index is 0.565. The summed E-state index contributed by atoms with van der Waals surface area (Å²) >= 11 is 0. The molecule has 1 aromatic heterocycles. The summed E-state index contributed by atoms with van der Waals surface area (Å²) in [6.45, 7) is 5.02. The number of imidazole rings is 1. The van der Waals surface area contributed by atoms with Gasteiger partial charge in [-0.25, -0.2) is 4.98 Å². The predicted molar refractivity (Wildman–Crippen MR) is 72.9 cm³/mol. The molecule has 0 radical (unpaired) electrons. The van der Waals surface area contributed by atoms with Crippen molar-refractivity contribution < 1.29 is 9.94 Å². The highest BCUT2D eigenvalue weighted by Gasteiger charge is 2.01. The summed E-state index contributed by atoms with van der Waals surface area (Å²) in [5, 5.41) is 11.9. The van der Waals surface area contributed by atoms with E-state index < -0.39 is 0 Å². The summed E-state index contributed by atoms with van der Waals surface area (Å²) in [5.41, 5.74) is 1.41. The number of aromatic nitrogens is 2. The molecule has 5 nitrogen and oxygen atoms in total. The number of benzene rings is 1. The van der Waals surface area contributed by atoms with Gasteiger partial charge >= 0.3 is 0 Å². The third-order valence-corrected chi connectivity index (χ3v) is 2.93. The number of hydrogen-bond acceptors (Lipinski definition) is 4. The summed E-state index contributed by atoms with van der Waals surface area (Å²) < 4.78 is 7.72. The molecule has 2 aromatic rings. The lowest BCUT2D eigenvalue weighted by Gasteiger charge is -2.09. The Morgan fingerprint density at radius 2 is 2.32 bits per heavy atom. The monoisotopic (exact) mass is 259 g/mol. The quantitative estimate of drug-likeness (QED) is 0.510. The molecule has 100 valence electrons. The molecule has 0 fully saturated rings. The summed E-state index contributed by atoms with van der Waals surface area (Å²) in [6, 6.07) is 7.49. The van der Waals surface area contributed by atoms with Gasteiger partial charge in [-0.05, 0) is 26.0 Å². The third-order valence-electron chi connectivity index (χ3n) is 2.93. The van der Waals surface area contributed by atoms with Crippen LogP contribution in [-0.2, 0) is 6.54 Å². The molecule has 0 atom stereocenters. The molecule has 0 aliphatic carbocycles. The number of rotatable bonds is 5. The molecule has 5 heteroatoms. The molecule has 0 amide bonds. The van der Waals surface area contributed by atoms with Gasteiger partial charge in [-0.3, -0.25) is 0 Å². The van der Waals surface area contributed by atoms with Gasteiger partial charge in [0, 0.05) is 18.0 Å². The van der Waals surface area contributed by atoms with E-state index in [1.54, 1.807) is 13.1 Å². The lowest BCUT2D eigenvalue weighted by Crippen LogP contribution is -2.09. The topological polar surface area (TPSA) is 59.6 Å². The fraction of sp³-hybridized carbons (Fsp3) is 0.286. The second kappa shape index (κ2) is 6.04. The van der Waals surface area contributed by atoms with Gasteiger partial charge in [0.05, 0.1) is 12.3 Å². The normalized spacial score (nSPS) is 11.6. The molecular weight excluding hydrogens is 242 g/mol. The van der Waals surface area contributed by atoms with Crippen LogP contribution in [0.5, 0.6) is 5.75 Å². The van der Waals surface area contributed by atoms with E-state index in [1.807, 2.05) is 42.0 Å². The van der Waals surface area contributed by atoms with E-state index in [-0.39, 0.29) is 0 Å². The van der Waals surface area contributed by atoms with Crippen LogP contribution in [0.2, 0.25) is 0 Å². The lowest BCUT2D eigenvalue weighted by atomic mass is 10.1. The number of oxime groups is 1. The molecule has 0 saturated heterocycles. The van der Waals surface area contributed by atoms with Crippen molar-refractivity contribution in [3.8, 4) is 5.75 Å². The number of nitrogens with zero attached hydrogens (tertiary/aromatic N) is 3. The van der Waals surface area contributed by atoms with Crippen LogP contribution in [0.25, 0.3) is 0 Å². The summed E-state index contributed by atoms with van der Waals surface area (Å²) in [5.74, 6) is 1.74. The van der Waals surface area contributed by atoms with E-state index in [1.165, 1.54) is 0 Å². The second-order valence-electron chi connectivity index (χ2n) is 4.23. The van der Waals surface area contributed by atoms with Crippen LogP contribution in [0.4, 0.5) is 0 Å². The van der Waals surface area contributed by atoms with Crippen LogP contribution in [0.15, 0.2) is 41.8 Å². The number of hydrogen-bond donors (Lipinski definition) is 1. The van der Waals surface area contributed by atoms with Gasteiger partial charge in [0.25, 0.3) is 0 Å². The molecule has 0 unspecified atom stereocenters. The predicted octanol–water partition coefficient (Wildman–Crippen LogP) is 2.47. The Morgan fingerprint density at radius 3 is 3.00 bits per heavy atom. The standard InChI is InChI=1S/C14H17N3O2/c1-11(16-18)13-4-3-5-14(10-13)19-9-8-17-7-6-15-12(17)2/h3-7,10,18H,8-9H2,1-2H3. The van der Waals surface area contributed by atoms with Gasteiger partial charge in [-0.2, -0.15) is 0 Å². The van der Waals surface area contributed by atoms with Gasteiger partial charge in [-0.1, -0.05) is 17.3 Å². The zero-order valence-electron chi connectivity index (χ0n) is 11.1. The molecule has 0 aliphatic heterocycles. The van der Waals surface area contributed by atoms with Crippen molar-refractivity contribution in [2.75, 3.05) is 6.61 Å². The van der Waals surface area contributed by atoms with Crippen LogP contribution in [0.1, 0.15) is 18.3 Å². The maximum absolute atomic E-state index is 8.75. The highest BCUT2D eigenvalue weighted by atomic mass is 16.5. The Balaban J connectivity index is 1.95. The zero-order chi connectivity index (χ0) is 13.7. The smallest absolute Gasteiger partial charge is 0.120 e. The summed E-state index contributed by atoms with van der Waals surface area (Å²) in [6.07, 6.45) is 3.70. The Labute approximate surface area is 112 Å². The van der Waals surface area contributed by atoms with Crippen molar-refractivity contribution in [1.29, 1.82) is 0 Å². The van der Waals surface area contributed by atoms with E-state index in [0.717, 1.165) is 23.7 Å². The minimum Gasteiger partial charge on any atom is -0.492 e. The van der Waals surface area contributed by atoms with Crippen LogP contribution in [0.3, 0.4) is 0 Å². The first-order chi connectivity index (χ1) is 9.20. The highest BCUT2D eigenvalue weighted by Crippen LogP contribution is 2.14. The Morgan fingerprint density at radius 1 is 1.47 bits per heavy atom. The van der Waals surface area contributed by atoms with Crippen LogP contribution in [0, 0.1) is 6.92 Å². The molecule has 1 heterocycles. The largest absolute Gasteiger partial charge is 0.492 e. The van der Waals surface area contributed by atoms with E-state index >= 15 is 0 Å². The Kier molecular flexibility index (Phi) is 4.18. The molecule has 0 aliphatic rings. The lowest BCUT2D eigenvalue weighted by molar-refractivity contribution is 0.297. The van der Waals surface area contributed by atoms with Crippen molar-refractivity contribution in [2.24, 2.45) is 5.16 Å². The molecule has 0 saturated carbocycles. The molecule has 0 bridgehead atoms. The van der Waals surface area contributed by atoms with E-state index in [0.29, 0.717) is 12.3 Å². The van der Waals surface area contributed by atoms with Crippen molar-refractivity contribution >= 4 is 5.71 Å². The first-order valence-corrected chi connectivity index (χ1v) is 6.10. The Hall–Kier alpha value is -2.30. The van der Waals surface area contributed by atoms with Gasteiger partial charge in [0.15, 0.2) is 0 Å². The highest BCUT2D eigenvalue weighted by molar-refractivity contribution is 5.98. The molecule has 2 rings (SSSR count). The fourth-order valence-corrected chi connectivity index (χ4v) is 1.77. The SMILES string of the molecule is CC(=NO)c1cccc(OCCn2ccnc2C)c1. The van der Waals surface area contributed by atoms with Crippen LogP contribution in [-0.4, -0.2) is 27.1 Å². The van der Waals surface area contributed by atoms with E-state index in [2.05, 4.69) is 10.1 Å². The van der Waals surface area contributed by atoms with Gasteiger partial charge in [0.1, 0.15) is 18.2 Å². The van der Waals surface area contributed by atoms with E-state index in [4.69, 9.17) is 9.94 Å². The van der Waals surface area contributed by atoms with E-state index in [9.17, 15) is 0 Å². The molecule has 0 spiro atoms. The Bertz CT molecular complexity index is 576. The maximum atomic E-state index is 8.75. The van der Waals surface area contributed by atoms with Crippen LogP contribution < -0.4 is 4.74 Å². The third kappa shape index (κ3) is 3.34. The molecule has 1 aromatic carbocycles. The van der Waals surface area contributed by atoms with Gasteiger partial charge in [-0.15, -0.1) is 0 Å². The first-order valence-electron chi connectivity index (χ1n) is 6.10. The maximum Gasteiger partial charge on any atom is 0.120 e. The van der Waals surface area contributed by atoms with Crippen molar-refractivity contribution in [3.63, 3.8) is 0 Å². The minimum absolute atomic E-state index is 0.565.